The summed E-state index contributed by atoms with van der Waals surface area (Å²) in [5.41, 5.74) is 8.55. The van der Waals surface area contributed by atoms with Crippen LogP contribution in [0.2, 0.25) is 0 Å². The molecule has 3 rings (SSSR count). The number of fused-ring (bicyclic) bond motifs is 1. The van der Waals surface area contributed by atoms with Crippen LogP contribution in [0.15, 0.2) is 34.7 Å². The van der Waals surface area contributed by atoms with Gasteiger partial charge in [0.2, 0.25) is 0 Å². The predicted molar refractivity (Wildman–Crippen MR) is 131 cm³/mol. The Bertz CT molecular complexity index is 1060. The molecule has 0 aliphatic carbocycles. The lowest BCUT2D eigenvalue weighted by Gasteiger charge is -2.10. The standard InChI is InChI=1S/C22H29FN6S2/c1-14(2)9-6-5-7-12-29-20-18(19(24)25-13-26-20)28-21(29)31-22(30-4)27-17-11-8-10-16(23)15(17)3/h8,10-11,13-14H,5-7,9,12H2,1-4H3,(H2,24,25,26). The molecule has 0 unspecified atom stereocenters. The van der Waals surface area contributed by atoms with Gasteiger partial charge in [0.15, 0.2) is 22.1 Å². The van der Waals surface area contributed by atoms with Crippen molar-refractivity contribution < 1.29 is 4.39 Å². The Hall–Kier alpha value is -2.13. The minimum atomic E-state index is -0.261. The summed E-state index contributed by atoms with van der Waals surface area (Å²) in [4.78, 5) is 17.9. The number of rotatable bonds is 8. The zero-order chi connectivity index (χ0) is 22.4. The molecule has 1 aromatic carbocycles. The van der Waals surface area contributed by atoms with Gasteiger partial charge in [-0.25, -0.2) is 24.3 Å². The largest absolute Gasteiger partial charge is 0.382 e. The molecule has 6 nitrogen and oxygen atoms in total. The number of aryl methyl sites for hydroxylation is 1. The van der Waals surface area contributed by atoms with E-state index in [2.05, 4.69) is 33.4 Å². The highest BCUT2D eigenvalue weighted by atomic mass is 32.2. The summed E-state index contributed by atoms with van der Waals surface area (Å²) >= 11 is 2.95. The number of thioether (sulfide) groups is 2. The average molecular weight is 461 g/mol. The molecule has 0 spiro atoms. The Morgan fingerprint density at radius 2 is 2.03 bits per heavy atom. The Labute approximate surface area is 191 Å². The van der Waals surface area contributed by atoms with Crippen molar-refractivity contribution in [1.29, 1.82) is 0 Å². The first-order valence-electron chi connectivity index (χ1n) is 10.4. The van der Waals surface area contributed by atoms with E-state index < -0.39 is 0 Å². The van der Waals surface area contributed by atoms with Gasteiger partial charge in [-0.15, -0.1) is 11.8 Å². The third kappa shape index (κ3) is 5.98. The fourth-order valence-corrected chi connectivity index (χ4v) is 4.69. The van der Waals surface area contributed by atoms with Crippen LogP contribution in [-0.2, 0) is 6.54 Å². The van der Waals surface area contributed by atoms with Crippen LogP contribution >= 0.6 is 23.5 Å². The number of benzene rings is 1. The second kappa shape index (κ2) is 10.9. The van der Waals surface area contributed by atoms with Gasteiger partial charge in [-0.2, -0.15) is 0 Å². The number of nitrogens with zero attached hydrogens (tertiary/aromatic N) is 5. The van der Waals surface area contributed by atoms with Crippen molar-refractivity contribution in [3.05, 3.63) is 35.9 Å². The maximum atomic E-state index is 13.9. The topological polar surface area (TPSA) is 82.0 Å². The van der Waals surface area contributed by atoms with Crippen molar-refractivity contribution in [2.75, 3.05) is 12.0 Å². The summed E-state index contributed by atoms with van der Waals surface area (Å²) in [7, 11) is 0. The lowest BCUT2D eigenvalue weighted by molar-refractivity contribution is 0.501. The van der Waals surface area contributed by atoms with Crippen molar-refractivity contribution in [2.24, 2.45) is 10.9 Å². The van der Waals surface area contributed by atoms with Crippen LogP contribution in [-0.4, -0.2) is 30.2 Å². The van der Waals surface area contributed by atoms with Crippen LogP contribution in [0.3, 0.4) is 0 Å². The molecule has 9 heteroatoms. The molecule has 2 heterocycles. The first kappa shape index (κ1) is 23.5. The van der Waals surface area contributed by atoms with E-state index in [1.807, 2.05) is 12.3 Å². The summed E-state index contributed by atoms with van der Waals surface area (Å²) in [5.74, 6) is 0.830. The summed E-state index contributed by atoms with van der Waals surface area (Å²) in [6.07, 6.45) is 8.05. The van der Waals surface area contributed by atoms with E-state index in [0.717, 1.165) is 40.5 Å². The minimum Gasteiger partial charge on any atom is -0.382 e. The fraction of sp³-hybridized carbons (Fsp3) is 0.455. The fourth-order valence-electron chi connectivity index (χ4n) is 3.22. The van der Waals surface area contributed by atoms with Crippen molar-refractivity contribution in [2.45, 2.75) is 58.2 Å². The van der Waals surface area contributed by atoms with Crippen LogP contribution in [0.4, 0.5) is 15.9 Å². The molecule has 2 N–H and O–H groups in total. The van der Waals surface area contributed by atoms with E-state index in [1.54, 1.807) is 13.0 Å². The molecule has 0 radical (unpaired) electrons. The number of unbranched alkanes of at least 4 members (excludes halogenated alkanes) is 2. The molecule has 0 bridgehead atoms. The summed E-state index contributed by atoms with van der Waals surface area (Å²) < 4.78 is 16.8. The molecular formula is C22H29FN6S2. The highest BCUT2D eigenvalue weighted by molar-refractivity contribution is 8.38. The molecule has 3 aromatic rings. The van der Waals surface area contributed by atoms with Crippen molar-refractivity contribution in [3.8, 4) is 0 Å². The lowest BCUT2D eigenvalue weighted by atomic mass is 10.1. The molecule has 2 aromatic heterocycles. The molecule has 0 aliphatic rings. The second-order valence-corrected chi connectivity index (χ2v) is 9.80. The zero-order valence-corrected chi connectivity index (χ0v) is 20.1. The molecule has 0 atom stereocenters. The quantitative estimate of drug-likeness (QED) is 0.186. The Morgan fingerprint density at radius 1 is 1.23 bits per heavy atom. The van der Waals surface area contributed by atoms with Gasteiger partial charge in [-0.1, -0.05) is 39.2 Å². The molecular weight excluding hydrogens is 431 g/mol. The van der Waals surface area contributed by atoms with Gasteiger partial charge in [-0.3, -0.25) is 0 Å². The Morgan fingerprint density at radius 3 is 2.77 bits per heavy atom. The average Bonchev–Trinajstić information content (AvgIpc) is 3.09. The highest BCUT2D eigenvalue weighted by Gasteiger charge is 2.17. The van der Waals surface area contributed by atoms with Gasteiger partial charge in [0.05, 0.1) is 5.69 Å². The van der Waals surface area contributed by atoms with Gasteiger partial charge in [-0.05, 0) is 49.4 Å². The number of anilines is 1. The van der Waals surface area contributed by atoms with Gasteiger partial charge < -0.3 is 10.3 Å². The minimum absolute atomic E-state index is 0.261. The van der Waals surface area contributed by atoms with Gasteiger partial charge >= 0.3 is 0 Å². The smallest absolute Gasteiger partial charge is 0.177 e. The number of hydrogen-bond acceptors (Lipinski definition) is 7. The van der Waals surface area contributed by atoms with Crippen molar-refractivity contribution in [3.63, 3.8) is 0 Å². The van der Waals surface area contributed by atoms with Crippen molar-refractivity contribution >= 4 is 50.6 Å². The van der Waals surface area contributed by atoms with Gasteiger partial charge in [0.1, 0.15) is 16.5 Å². The summed E-state index contributed by atoms with van der Waals surface area (Å²) in [6, 6.07) is 4.93. The van der Waals surface area contributed by atoms with Crippen LogP contribution in [0, 0.1) is 18.7 Å². The predicted octanol–water partition coefficient (Wildman–Crippen LogP) is 6.22. The molecule has 0 saturated carbocycles. The van der Waals surface area contributed by atoms with E-state index in [4.69, 9.17) is 10.7 Å². The van der Waals surface area contributed by atoms with E-state index in [0.29, 0.717) is 22.6 Å². The molecule has 0 fully saturated rings. The van der Waals surface area contributed by atoms with Crippen LogP contribution in [0.1, 0.15) is 45.1 Å². The third-order valence-corrected chi connectivity index (χ3v) is 6.94. The van der Waals surface area contributed by atoms with Crippen LogP contribution in [0.5, 0.6) is 0 Å². The lowest BCUT2D eigenvalue weighted by Crippen LogP contribution is -2.03. The number of nitrogens with two attached hydrogens (primary N) is 1. The van der Waals surface area contributed by atoms with E-state index in [-0.39, 0.29) is 5.82 Å². The first-order valence-corrected chi connectivity index (χ1v) is 12.5. The normalized spacial score (nSPS) is 12.3. The number of imidazole rings is 1. The zero-order valence-electron chi connectivity index (χ0n) is 18.4. The maximum absolute atomic E-state index is 13.9. The van der Waals surface area contributed by atoms with Crippen LogP contribution < -0.4 is 5.73 Å². The molecule has 31 heavy (non-hydrogen) atoms. The van der Waals surface area contributed by atoms with Crippen molar-refractivity contribution in [1.82, 2.24) is 19.5 Å². The monoisotopic (exact) mass is 460 g/mol. The number of hydrogen-bond donors (Lipinski definition) is 1. The van der Waals surface area contributed by atoms with Gasteiger partial charge in [0, 0.05) is 12.1 Å². The molecule has 166 valence electrons. The first-order chi connectivity index (χ1) is 14.9. The summed E-state index contributed by atoms with van der Waals surface area (Å²) in [5, 5.41) is 0.771. The molecule has 0 aliphatic heterocycles. The summed E-state index contributed by atoms with van der Waals surface area (Å²) in [6.45, 7) is 7.04. The third-order valence-electron chi connectivity index (χ3n) is 4.99. The van der Waals surface area contributed by atoms with E-state index in [1.165, 1.54) is 48.8 Å². The number of nitrogen functional groups attached to an aromatic ring is 1. The molecule has 0 saturated heterocycles. The Kier molecular flexibility index (Phi) is 8.31. The number of halogens is 1. The number of aliphatic imine (C=N–C) groups is 1. The highest BCUT2D eigenvalue weighted by Crippen LogP contribution is 2.32. The van der Waals surface area contributed by atoms with Crippen LogP contribution in [0.25, 0.3) is 11.2 Å². The Balaban J connectivity index is 1.88. The maximum Gasteiger partial charge on any atom is 0.177 e. The second-order valence-electron chi connectivity index (χ2n) is 7.79. The van der Waals surface area contributed by atoms with Gasteiger partial charge in [0.25, 0.3) is 0 Å². The SMILES string of the molecule is CSC(=Nc1cccc(F)c1C)Sc1nc2c(N)ncnc2n1CCCCCC(C)C. The number of aromatic nitrogens is 4. The molecule has 0 amide bonds. The van der Waals surface area contributed by atoms with E-state index in [9.17, 15) is 4.39 Å². The van der Waals surface area contributed by atoms with E-state index >= 15 is 0 Å².